The first-order chi connectivity index (χ1) is 16.3. The number of hydrogen-bond donors (Lipinski definition) is 1. The predicted octanol–water partition coefficient (Wildman–Crippen LogP) is 4.85. The van der Waals surface area contributed by atoms with Gasteiger partial charge in [-0.3, -0.25) is 9.59 Å². The SMILES string of the molecule is Cc1ccc(C)c(OCC(=O)N(Cc2ccccc2)[C@@H](Cc2ccccc2)C(=O)NC(C)C)c1. The highest BCUT2D eigenvalue weighted by atomic mass is 16.5. The Labute approximate surface area is 202 Å². The van der Waals surface area contributed by atoms with Crippen molar-refractivity contribution in [3.05, 3.63) is 101 Å². The predicted molar refractivity (Wildman–Crippen MR) is 136 cm³/mol. The molecule has 34 heavy (non-hydrogen) atoms. The van der Waals surface area contributed by atoms with Gasteiger partial charge in [-0.2, -0.15) is 0 Å². The molecule has 0 spiro atoms. The third-order valence-corrected chi connectivity index (χ3v) is 5.59. The number of nitrogens with one attached hydrogen (secondary N) is 1. The molecule has 2 amide bonds. The first-order valence-corrected chi connectivity index (χ1v) is 11.7. The van der Waals surface area contributed by atoms with E-state index in [2.05, 4.69) is 5.32 Å². The molecule has 0 aliphatic carbocycles. The Bertz CT molecular complexity index is 1080. The van der Waals surface area contributed by atoms with Crippen molar-refractivity contribution in [1.29, 1.82) is 0 Å². The number of amides is 2. The lowest BCUT2D eigenvalue weighted by Crippen LogP contribution is -2.52. The number of hydrogen-bond acceptors (Lipinski definition) is 3. The second-order valence-corrected chi connectivity index (χ2v) is 8.93. The summed E-state index contributed by atoms with van der Waals surface area (Å²) in [6.45, 7) is 7.96. The monoisotopic (exact) mass is 458 g/mol. The molecule has 0 aliphatic rings. The van der Waals surface area contributed by atoms with Gasteiger partial charge in [-0.1, -0.05) is 72.8 Å². The maximum Gasteiger partial charge on any atom is 0.261 e. The van der Waals surface area contributed by atoms with Gasteiger partial charge in [0.15, 0.2) is 6.61 Å². The smallest absolute Gasteiger partial charge is 0.261 e. The summed E-state index contributed by atoms with van der Waals surface area (Å²) in [6, 6.07) is 24.7. The summed E-state index contributed by atoms with van der Waals surface area (Å²) in [7, 11) is 0. The van der Waals surface area contributed by atoms with Crippen LogP contribution in [0, 0.1) is 13.8 Å². The van der Waals surface area contributed by atoms with Gasteiger partial charge in [0, 0.05) is 19.0 Å². The number of carbonyl (C=O) groups is 2. The van der Waals surface area contributed by atoms with Crippen molar-refractivity contribution in [2.75, 3.05) is 6.61 Å². The van der Waals surface area contributed by atoms with Crippen LogP contribution in [0.4, 0.5) is 0 Å². The van der Waals surface area contributed by atoms with E-state index in [4.69, 9.17) is 4.74 Å². The number of nitrogens with zero attached hydrogens (tertiary/aromatic N) is 1. The topological polar surface area (TPSA) is 58.6 Å². The molecule has 178 valence electrons. The van der Waals surface area contributed by atoms with E-state index in [9.17, 15) is 9.59 Å². The number of aryl methyl sites for hydroxylation is 2. The van der Waals surface area contributed by atoms with Crippen molar-refractivity contribution in [3.8, 4) is 5.75 Å². The van der Waals surface area contributed by atoms with E-state index < -0.39 is 6.04 Å². The Morgan fingerprint density at radius 1 is 0.882 bits per heavy atom. The zero-order chi connectivity index (χ0) is 24.5. The van der Waals surface area contributed by atoms with Crippen molar-refractivity contribution in [1.82, 2.24) is 10.2 Å². The summed E-state index contributed by atoms with van der Waals surface area (Å²) < 4.78 is 5.94. The van der Waals surface area contributed by atoms with Gasteiger partial charge in [0.1, 0.15) is 11.8 Å². The summed E-state index contributed by atoms with van der Waals surface area (Å²) in [6.07, 6.45) is 0.418. The fourth-order valence-electron chi connectivity index (χ4n) is 3.80. The van der Waals surface area contributed by atoms with Gasteiger partial charge in [0.25, 0.3) is 5.91 Å². The maximum atomic E-state index is 13.6. The molecule has 0 aliphatic heterocycles. The maximum absolute atomic E-state index is 13.6. The molecule has 3 aromatic rings. The Morgan fingerprint density at radius 2 is 1.50 bits per heavy atom. The van der Waals surface area contributed by atoms with Crippen molar-refractivity contribution >= 4 is 11.8 Å². The van der Waals surface area contributed by atoms with Gasteiger partial charge in [-0.05, 0) is 56.0 Å². The molecule has 3 rings (SSSR count). The zero-order valence-corrected chi connectivity index (χ0v) is 20.5. The van der Waals surface area contributed by atoms with Crippen LogP contribution < -0.4 is 10.1 Å². The molecule has 0 unspecified atom stereocenters. The number of benzene rings is 3. The normalized spacial score (nSPS) is 11.7. The average molecular weight is 459 g/mol. The van der Waals surface area contributed by atoms with E-state index in [1.165, 1.54) is 0 Å². The lowest BCUT2D eigenvalue weighted by atomic mass is 10.0. The molecular weight excluding hydrogens is 424 g/mol. The number of carbonyl (C=O) groups excluding carboxylic acids is 2. The molecule has 0 bridgehead atoms. The third kappa shape index (κ3) is 7.20. The third-order valence-electron chi connectivity index (χ3n) is 5.59. The molecule has 0 heterocycles. The minimum Gasteiger partial charge on any atom is -0.483 e. The molecular formula is C29H34N2O3. The summed E-state index contributed by atoms with van der Waals surface area (Å²) in [5.41, 5.74) is 3.98. The Kier molecular flexibility index (Phi) is 8.86. The quantitative estimate of drug-likeness (QED) is 0.473. The largest absolute Gasteiger partial charge is 0.483 e. The van der Waals surface area contributed by atoms with Crippen LogP contribution in [-0.4, -0.2) is 35.4 Å². The van der Waals surface area contributed by atoms with E-state index in [0.29, 0.717) is 18.7 Å². The highest BCUT2D eigenvalue weighted by molar-refractivity contribution is 5.88. The van der Waals surface area contributed by atoms with Gasteiger partial charge >= 0.3 is 0 Å². The second kappa shape index (κ2) is 12.0. The van der Waals surface area contributed by atoms with Crippen LogP contribution in [0.2, 0.25) is 0 Å². The van der Waals surface area contributed by atoms with Crippen LogP contribution in [0.5, 0.6) is 5.75 Å². The van der Waals surface area contributed by atoms with Gasteiger partial charge in [0.2, 0.25) is 5.91 Å². The summed E-state index contributed by atoms with van der Waals surface area (Å²) in [4.78, 5) is 28.5. The van der Waals surface area contributed by atoms with Crippen LogP contribution in [0.25, 0.3) is 0 Å². The van der Waals surface area contributed by atoms with Crippen molar-refractivity contribution in [2.24, 2.45) is 0 Å². The molecule has 0 saturated carbocycles. The van der Waals surface area contributed by atoms with Crippen LogP contribution in [0.15, 0.2) is 78.9 Å². The summed E-state index contributed by atoms with van der Waals surface area (Å²) in [5, 5.41) is 3.00. The fraction of sp³-hybridized carbons (Fsp3) is 0.310. The first kappa shape index (κ1) is 25.0. The number of ether oxygens (including phenoxy) is 1. The zero-order valence-electron chi connectivity index (χ0n) is 20.5. The van der Waals surface area contributed by atoms with Crippen LogP contribution in [-0.2, 0) is 22.6 Å². The lowest BCUT2D eigenvalue weighted by Gasteiger charge is -2.32. The first-order valence-electron chi connectivity index (χ1n) is 11.7. The number of rotatable bonds is 10. The summed E-state index contributed by atoms with van der Waals surface area (Å²) >= 11 is 0. The highest BCUT2D eigenvalue weighted by Crippen LogP contribution is 2.20. The van der Waals surface area contributed by atoms with Crippen LogP contribution in [0.1, 0.15) is 36.1 Å². The standard InChI is InChI=1S/C29H34N2O3/c1-21(2)30-29(33)26(18-24-11-7-5-8-12-24)31(19-25-13-9-6-10-14-25)28(32)20-34-27-17-22(3)15-16-23(27)4/h5-17,21,26H,18-20H2,1-4H3,(H,30,33)/t26-/m0/s1. The van der Waals surface area contributed by atoms with Gasteiger partial charge < -0.3 is 15.0 Å². The van der Waals surface area contributed by atoms with Gasteiger partial charge in [-0.25, -0.2) is 0 Å². The molecule has 3 aromatic carbocycles. The Hall–Kier alpha value is -3.60. The van der Waals surface area contributed by atoms with Crippen LogP contribution >= 0.6 is 0 Å². The van der Waals surface area contributed by atoms with Gasteiger partial charge in [0.05, 0.1) is 0 Å². The second-order valence-electron chi connectivity index (χ2n) is 8.93. The van der Waals surface area contributed by atoms with E-state index in [1.807, 2.05) is 107 Å². The average Bonchev–Trinajstić information content (AvgIpc) is 2.82. The van der Waals surface area contributed by atoms with Crippen molar-refractivity contribution in [3.63, 3.8) is 0 Å². The molecule has 0 aromatic heterocycles. The fourth-order valence-corrected chi connectivity index (χ4v) is 3.80. The minimum atomic E-state index is -0.667. The minimum absolute atomic E-state index is 0.0364. The molecule has 0 radical (unpaired) electrons. The highest BCUT2D eigenvalue weighted by Gasteiger charge is 2.31. The molecule has 1 N–H and O–H groups in total. The summed E-state index contributed by atoms with van der Waals surface area (Å²) in [5.74, 6) is 0.277. The lowest BCUT2D eigenvalue weighted by molar-refractivity contribution is -0.143. The van der Waals surface area contributed by atoms with E-state index in [1.54, 1.807) is 4.90 Å². The van der Waals surface area contributed by atoms with Crippen molar-refractivity contribution in [2.45, 2.75) is 52.7 Å². The Morgan fingerprint density at radius 3 is 2.12 bits per heavy atom. The van der Waals surface area contributed by atoms with Gasteiger partial charge in [-0.15, -0.1) is 0 Å². The molecule has 1 atom stereocenters. The van der Waals surface area contributed by atoms with Crippen LogP contribution in [0.3, 0.4) is 0 Å². The van der Waals surface area contributed by atoms with E-state index in [-0.39, 0.29) is 24.5 Å². The van der Waals surface area contributed by atoms with Crippen molar-refractivity contribution < 1.29 is 14.3 Å². The Balaban J connectivity index is 1.90. The van der Waals surface area contributed by atoms with E-state index in [0.717, 1.165) is 22.3 Å². The molecule has 5 heteroatoms. The van der Waals surface area contributed by atoms with E-state index >= 15 is 0 Å². The molecule has 5 nitrogen and oxygen atoms in total. The molecule has 0 fully saturated rings. The molecule has 0 saturated heterocycles.